The molecule has 1 aromatic heterocycles. The molecule has 7 nitrogen and oxygen atoms in total. The molecule has 5 rings (SSSR count). The van der Waals surface area contributed by atoms with Crippen LogP contribution in [0.15, 0.2) is 66.9 Å². The van der Waals surface area contributed by atoms with E-state index in [-0.39, 0.29) is 11.9 Å². The molecule has 0 bridgehead atoms. The number of benzene rings is 2. The fourth-order valence-corrected chi connectivity index (χ4v) is 4.36. The third kappa shape index (κ3) is 4.64. The number of amides is 3. The Morgan fingerprint density at radius 1 is 0.818 bits per heavy atom. The lowest BCUT2D eigenvalue weighted by Gasteiger charge is -2.35. The van der Waals surface area contributed by atoms with Gasteiger partial charge in [0.2, 0.25) is 0 Å². The van der Waals surface area contributed by atoms with Crippen LogP contribution in [-0.2, 0) is 13.1 Å². The molecule has 2 aliphatic rings. The second-order valence-electron chi connectivity index (χ2n) is 8.25. The number of halogens is 1. The highest BCUT2D eigenvalue weighted by atomic mass is 35.5. The number of urea groups is 1. The van der Waals surface area contributed by atoms with Gasteiger partial charge in [-0.3, -0.25) is 4.79 Å². The van der Waals surface area contributed by atoms with Crippen molar-refractivity contribution in [3.05, 3.63) is 88.6 Å². The molecule has 2 aliphatic heterocycles. The molecule has 33 heavy (non-hydrogen) atoms. The molecule has 8 heteroatoms. The molecule has 1 fully saturated rings. The highest BCUT2D eigenvalue weighted by Crippen LogP contribution is 2.23. The fourth-order valence-electron chi connectivity index (χ4n) is 4.25. The van der Waals surface area contributed by atoms with E-state index in [9.17, 15) is 9.59 Å². The Labute approximate surface area is 197 Å². The monoisotopic (exact) mass is 461 g/mol. The first-order chi connectivity index (χ1) is 16.1. The van der Waals surface area contributed by atoms with Gasteiger partial charge in [-0.25, -0.2) is 9.78 Å². The number of rotatable bonds is 3. The minimum atomic E-state index is -0.141. The maximum Gasteiger partial charge on any atom is 0.322 e. The lowest BCUT2D eigenvalue weighted by atomic mass is 10.1. The predicted molar refractivity (Wildman–Crippen MR) is 129 cm³/mol. The molecule has 1 saturated heterocycles. The zero-order chi connectivity index (χ0) is 22.8. The SMILES string of the molecule is O=C(Nc1ccc(C(=O)N2CCN(c3ccc(Cl)cn3)CC2)cc1)N1Cc2ccccc2C1. The topological polar surface area (TPSA) is 68.8 Å². The van der Waals surface area contributed by atoms with Gasteiger partial charge in [0, 0.05) is 56.7 Å². The van der Waals surface area contributed by atoms with Crippen molar-refractivity contribution >= 4 is 35.0 Å². The number of anilines is 2. The molecule has 0 unspecified atom stereocenters. The van der Waals surface area contributed by atoms with Gasteiger partial charge in [-0.15, -0.1) is 0 Å². The van der Waals surface area contributed by atoms with Gasteiger partial charge in [0.25, 0.3) is 5.91 Å². The fraction of sp³-hybridized carbons (Fsp3) is 0.240. The van der Waals surface area contributed by atoms with Crippen molar-refractivity contribution in [1.82, 2.24) is 14.8 Å². The van der Waals surface area contributed by atoms with Gasteiger partial charge in [0.1, 0.15) is 5.82 Å². The molecule has 0 atom stereocenters. The van der Waals surface area contributed by atoms with Crippen LogP contribution in [-0.4, -0.2) is 52.9 Å². The first-order valence-corrected chi connectivity index (χ1v) is 11.3. The smallest absolute Gasteiger partial charge is 0.322 e. The largest absolute Gasteiger partial charge is 0.353 e. The molecule has 2 aromatic carbocycles. The number of nitrogens with one attached hydrogen (secondary N) is 1. The number of carbonyl (C=O) groups is 2. The number of pyridine rings is 1. The Balaban J connectivity index is 1.15. The molecule has 0 saturated carbocycles. The molecule has 168 valence electrons. The third-order valence-electron chi connectivity index (χ3n) is 6.11. The van der Waals surface area contributed by atoms with Gasteiger partial charge in [-0.05, 0) is 47.5 Å². The van der Waals surface area contributed by atoms with Crippen molar-refractivity contribution in [3.8, 4) is 0 Å². The van der Waals surface area contributed by atoms with Crippen LogP contribution < -0.4 is 10.2 Å². The Morgan fingerprint density at radius 3 is 2.09 bits per heavy atom. The van der Waals surface area contributed by atoms with Crippen molar-refractivity contribution in [1.29, 1.82) is 0 Å². The highest BCUT2D eigenvalue weighted by molar-refractivity contribution is 6.30. The van der Waals surface area contributed by atoms with E-state index in [4.69, 9.17) is 11.6 Å². The maximum atomic E-state index is 12.9. The molecule has 0 radical (unpaired) electrons. The van der Waals surface area contributed by atoms with E-state index < -0.39 is 0 Å². The number of fused-ring (bicyclic) bond motifs is 1. The molecule has 0 spiro atoms. The lowest BCUT2D eigenvalue weighted by Crippen LogP contribution is -2.49. The summed E-state index contributed by atoms with van der Waals surface area (Å²) >= 11 is 5.91. The number of piperazine rings is 1. The van der Waals surface area contributed by atoms with Gasteiger partial charge >= 0.3 is 6.03 Å². The van der Waals surface area contributed by atoms with E-state index in [2.05, 4.69) is 27.3 Å². The van der Waals surface area contributed by atoms with E-state index in [0.29, 0.717) is 55.5 Å². The zero-order valence-electron chi connectivity index (χ0n) is 18.1. The summed E-state index contributed by atoms with van der Waals surface area (Å²) in [6.07, 6.45) is 1.64. The molecule has 0 aliphatic carbocycles. The van der Waals surface area contributed by atoms with Gasteiger partial charge in [0.05, 0.1) is 5.02 Å². The maximum absolute atomic E-state index is 12.9. The van der Waals surface area contributed by atoms with E-state index in [0.717, 1.165) is 5.82 Å². The van der Waals surface area contributed by atoms with Crippen LogP contribution in [0.2, 0.25) is 5.02 Å². The van der Waals surface area contributed by atoms with Crippen molar-refractivity contribution in [2.45, 2.75) is 13.1 Å². The van der Waals surface area contributed by atoms with E-state index in [1.165, 1.54) is 11.1 Å². The van der Waals surface area contributed by atoms with Crippen LogP contribution in [0.1, 0.15) is 21.5 Å². The second-order valence-corrected chi connectivity index (χ2v) is 8.68. The van der Waals surface area contributed by atoms with Crippen LogP contribution in [0.25, 0.3) is 0 Å². The summed E-state index contributed by atoms with van der Waals surface area (Å²) < 4.78 is 0. The number of nitrogens with zero attached hydrogens (tertiary/aromatic N) is 4. The van der Waals surface area contributed by atoms with Gasteiger partial charge < -0.3 is 20.0 Å². The molecule has 3 amide bonds. The van der Waals surface area contributed by atoms with Crippen LogP contribution in [0.3, 0.4) is 0 Å². The summed E-state index contributed by atoms with van der Waals surface area (Å²) in [6.45, 7) is 3.89. The lowest BCUT2D eigenvalue weighted by molar-refractivity contribution is 0.0746. The van der Waals surface area contributed by atoms with Crippen molar-refractivity contribution in [3.63, 3.8) is 0 Å². The minimum absolute atomic E-state index is 0.00779. The molecular formula is C25H24ClN5O2. The van der Waals surface area contributed by atoms with Gasteiger partial charge in [0.15, 0.2) is 0 Å². The summed E-state index contributed by atoms with van der Waals surface area (Å²) in [7, 11) is 0. The van der Waals surface area contributed by atoms with E-state index >= 15 is 0 Å². The normalized spacial score (nSPS) is 15.4. The number of carbonyl (C=O) groups excluding carboxylic acids is 2. The van der Waals surface area contributed by atoms with Crippen LogP contribution in [0.5, 0.6) is 0 Å². The van der Waals surface area contributed by atoms with Crippen molar-refractivity contribution in [2.75, 3.05) is 36.4 Å². The second kappa shape index (κ2) is 9.11. The number of aromatic nitrogens is 1. The average molecular weight is 462 g/mol. The Bertz CT molecular complexity index is 1130. The number of hydrogen-bond donors (Lipinski definition) is 1. The molecule has 3 aromatic rings. The van der Waals surface area contributed by atoms with E-state index in [1.807, 2.05) is 29.2 Å². The van der Waals surface area contributed by atoms with Crippen LogP contribution in [0.4, 0.5) is 16.3 Å². The summed E-state index contributed by atoms with van der Waals surface area (Å²) in [5.74, 6) is 0.860. The van der Waals surface area contributed by atoms with Crippen molar-refractivity contribution < 1.29 is 9.59 Å². The summed E-state index contributed by atoms with van der Waals surface area (Å²) in [5, 5.41) is 3.54. The summed E-state index contributed by atoms with van der Waals surface area (Å²) in [5.41, 5.74) is 3.65. The average Bonchev–Trinajstić information content (AvgIpc) is 3.29. The Hall–Kier alpha value is -3.58. The third-order valence-corrected chi connectivity index (χ3v) is 6.34. The summed E-state index contributed by atoms with van der Waals surface area (Å²) in [6, 6.07) is 18.8. The Kier molecular flexibility index (Phi) is 5.88. The van der Waals surface area contributed by atoms with Crippen LogP contribution in [0, 0.1) is 0 Å². The summed E-state index contributed by atoms with van der Waals surface area (Å²) in [4.78, 5) is 35.7. The minimum Gasteiger partial charge on any atom is -0.353 e. The van der Waals surface area contributed by atoms with Crippen molar-refractivity contribution in [2.24, 2.45) is 0 Å². The zero-order valence-corrected chi connectivity index (χ0v) is 18.8. The first-order valence-electron chi connectivity index (χ1n) is 11.0. The van der Waals surface area contributed by atoms with E-state index in [1.54, 1.807) is 35.4 Å². The Morgan fingerprint density at radius 2 is 1.48 bits per heavy atom. The molecule has 3 heterocycles. The number of hydrogen-bond acceptors (Lipinski definition) is 4. The standard InChI is InChI=1S/C25H24ClN5O2/c26-21-7-10-23(27-15-21)29-11-13-30(14-12-29)24(32)18-5-8-22(9-6-18)28-25(33)31-16-19-3-1-2-4-20(19)17-31/h1-10,15H,11-14,16-17H2,(H,28,33). The van der Waals surface area contributed by atoms with Crippen LogP contribution >= 0.6 is 11.6 Å². The molecule has 1 N–H and O–H groups in total. The van der Waals surface area contributed by atoms with Gasteiger partial charge in [-0.2, -0.15) is 0 Å². The molecular weight excluding hydrogens is 438 g/mol. The predicted octanol–water partition coefficient (Wildman–Crippen LogP) is 4.25. The highest BCUT2D eigenvalue weighted by Gasteiger charge is 2.24. The van der Waals surface area contributed by atoms with Gasteiger partial charge in [-0.1, -0.05) is 35.9 Å². The first kappa shape index (κ1) is 21.3. The quantitative estimate of drug-likeness (QED) is 0.633.